The van der Waals surface area contributed by atoms with Crippen molar-refractivity contribution in [2.24, 2.45) is 0 Å². The molecule has 14 heavy (non-hydrogen) atoms. The predicted molar refractivity (Wildman–Crippen MR) is 55.3 cm³/mol. The summed E-state index contributed by atoms with van der Waals surface area (Å²) >= 11 is 0. The van der Waals surface area contributed by atoms with Crippen LogP contribution in [0, 0.1) is 0 Å². The zero-order valence-electron chi connectivity index (χ0n) is 8.87. The molecule has 3 nitrogen and oxygen atoms in total. The van der Waals surface area contributed by atoms with E-state index in [4.69, 9.17) is 14.2 Å². The third-order valence-electron chi connectivity index (χ3n) is 1.83. The van der Waals surface area contributed by atoms with Crippen LogP contribution in [0.2, 0.25) is 0 Å². The first kappa shape index (κ1) is 10.7. The number of hydrogen-bond donors (Lipinski definition) is 0. The van der Waals surface area contributed by atoms with Crippen LogP contribution in [0.5, 0.6) is 17.2 Å². The van der Waals surface area contributed by atoms with Crippen LogP contribution in [0.3, 0.4) is 0 Å². The molecule has 0 bridgehead atoms. The fraction of sp³-hybridized carbons (Fsp3) is 0.455. The molecule has 3 heteroatoms. The average Bonchev–Trinajstić information content (AvgIpc) is 2.25. The van der Waals surface area contributed by atoms with Gasteiger partial charge in [0.1, 0.15) is 5.75 Å². The molecule has 0 aliphatic heterocycles. The molecule has 78 valence electrons. The van der Waals surface area contributed by atoms with Gasteiger partial charge in [-0.05, 0) is 18.6 Å². The summed E-state index contributed by atoms with van der Waals surface area (Å²) in [6.07, 6.45) is 0.994. The second-order valence-electron chi connectivity index (χ2n) is 2.87. The highest BCUT2D eigenvalue weighted by atomic mass is 16.5. The first-order valence-electron chi connectivity index (χ1n) is 4.66. The molecule has 0 heterocycles. The molecule has 0 aromatic heterocycles. The quantitative estimate of drug-likeness (QED) is 0.724. The molecule has 0 saturated carbocycles. The van der Waals surface area contributed by atoms with Gasteiger partial charge in [-0.15, -0.1) is 0 Å². The summed E-state index contributed by atoms with van der Waals surface area (Å²) in [6.45, 7) is 2.79. The third-order valence-corrected chi connectivity index (χ3v) is 1.83. The number of ether oxygens (including phenoxy) is 3. The molecule has 0 atom stereocenters. The molecule has 0 spiro atoms. The molecule has 0 unspecified atom stereocenters. The molecule has 1 aromatic rings. The van der Waals surface area contributed by atoms with Crippen molar-refractivity contribution in [3.8, 4) is 17.2 Å². The van der Waals surface area contributed by atoms with Crippen molar-refractivity contribution in [3.63, 3.8) is 0 Å². The summed E-state index contributed by atoms with van der Waals surface area (Å²) in [4.78, 5) is 0. The van der Waals surface area contributed by atoms with Crippen LogP contribution in [0.1, 0.15) is 13.3 Å². The van der Waals surface area contributed by atoms with Gasteiger partial charge in [-0.25, -0.2) is 0 Å². The van der Waals surface area contributed by atoms with Crippen molar-refractivity contribution in [2.75, 3.05) is 20.8 Å². The summed E-state index contributed by atoms with van der Waals surface area (Å²) in [5, 5.41) is 0. The van der Waals surface area contributed by atoms with E-state index in [1.54, 1.807) is 14.2 Å². The van der Waals surface area contributed by atoms with Crippen molar-refractivity contribution in [2.45, 2.75) is 13.3 Å². The Bertz CT molecular complexity index is 284. The van der Waals surface area contributed by atoms with Gasteiger partial charge in [-0.2, -0.15) is 0 Å². The lowest BCUT2D eigenvalue weighted by molar-refractivity contribution is 0.310. The van der Waals surface area contributed by atoms with E-state index in [1.807, 2.05) is 18.2 Å². The van der Waals surface area contributed by atoms with Gasteiger partial charge in [-0.1, -0.05) is 6.92 Å². The second kappa shape index (κ2) is 5.37. The lowest BCUT2D eigenvalue weighted by atomic mass is 10.3. The third kappa shape index (κ3) is 2.55. The van der Waals surface area contributed by atoms with Crippen molar-refractivity contribution in [3.05, 3.63) is 18.2 Å². The van der Waals surface area contributed by atoms with Gasteiger partial charge in [0.05, 0.1) is 20.8 Å². The summed E-state index contributed by atoms with van der Waals surface area (Å²) < 4.78 is 15.7. The summed E-state index contributed by atoms with van der Waals surface area (Å²) in [6, 6.07) is 5.54. The van der Waals surface area contributed by atoms with Crippen molar-refractivity contribution < 1.29 is 14.2 Å². The smallest absolute Gasteiger partial charge is 0.164 e. The van der Waals surface area contributed by atoms with Gasteiger partial charge in [0.15, 0.2) is 11.5 Å². The Morgan fingerprint density at radius 2 is 1.79 bits per heavy atom. The van der Waals surface area contributed by atoms with E-state index in [0.717, 1.165) is 24.5 Å². The summed E-state index contributed by atoms with van der Waals surface area (Å²) in [5.74, 6) is 2.22. The Balaban J connectivity index is 2.79. The zero-order chi connectivity index (χ0) is 10.4. The number of benzene rings is 1. The van der Waals surface area contributed by atoms with Gasteiger partial charge in [0, 0.05) is 6.07 Å². The molecule has 0 radical (unpaired) electrons. The first-order chi connectivity index (χ1) is 6.81. The minimum Gasteiger partial charge on any atom is -0.493 e. The molecule has 0 aliphatic rings. The van der Waals surface area contributed by atoms with E-state index in [1.165, 1.54) is 0 Å². The minimum absolute atomic E-state index is 0.695. The van der Waals surface area contributed by atoms with E-state index in [9.17, 15) is 0 Å². The van der Waals surface area contributed by atoms with E-state index in [2.05, 4.69) is 6.92 Å². The summed E-state index contributed by atoms with van der Waals surface area (Å²) in [7, 11) is 3.23. The fourth-order valence-electron chi connectivity index (χ4n) is 1.13. The topological polar surface area (TPSA) is 27.7 Å². The van der Waals surface area contributed by atoms with E-state index in [0.29, 0.717) is 5.75 Å². The molecule has 0 amide bonds. The van der Waals surface area contributed by atoms with E-state index < -0.39 is 0 Å². The van der Waals surface area contributed by atoms with Crippen molar-refractivity contribution in [1.82, 2.24) is 0 Å². The molecule has 0 aliphatic carbocycles. The molecule has 0 saturated heterocycles. The van der Waals surface area contributed by atoms with Gasteiger partial charge >= 0.3 is 0 Å². The highest BCUT2D eigenvalue weighted by Gasteiger charge is 2.04. The SMILES string of the molecule is CCCOc1ccc(OC)c(OC)c1. The summed E-state index contributed by atoms with van der Waals surface area (Å²) in [5.41, 5.74) is 0. The van der Waals surface area contributed by atoms with Gasteiger partial charge in [0.2, 0.25) is 0 Å². The van der Waals surface area contributed by atoms with Crippen molar-refractivity contribution >= 4 is 0 Å². The Morgan fingerprint density at radius 3 is 2.36 bits per heavy atom. The lowest BCUT2D eigenvalue weighted by Crippen LogP contribution is -1.96. The lowest BCUT2D eigenvalue weighted by Gasteiger charge is -2.10. The monoisotopic (exact) mass is 196 g/mol. The highest BCUT2D eigenvalue weighted by Crippen LogP contribution is 2.30. The van der Waals surface area contributed by atoms with Gasteiger partial charge in [-0.3, -0.25) is 0 Å². The maximum atomic E-state index is 5.46. The van der Waals surface area contributed by atoms with Crippen LogP contribution in [0.4, 0.5) is 0 Å². The first-order valence-corrected chi connectivity index (χ1v) is 4.66. The molecular weight excluding hydrogens is 180 g/mol. The van der Waals surface area contributed by atoms with Crippen LogP contribution in [0.15, 0.2) is 18.2 Å². The average molecular weight is 196 g/mol. The molecular formula is C11H16O3. The largest absolute Gasteiger partial charge is 0.493 e. The Kier molecular flexibility index (Phi) is 4.11. The Labute approximate surface area is 84.6 Å². The van der Waals surface area contributed by atoms with Crippen LogP contribution in [-0.2, 0) is 0 Å². The fourth-order valence-corrected chi connectivity index (χ4v) is 1.13. The number of hydrogen-bond acceptors (Lipinski definition) is 3. The highest BCUT2D eigenvalue weighted by molar-refractivity contribution is 5.45. The van der Waals surface area contributed by atoms with Gasteiger partial charge in [0.25, 0.3) is 0 Å². The molecule has 1 rings (SSSR count). The zero-order valence-corrected chi connectivity index (χ0v) is 8.87. The number of methoxy groups -OCH3 is 2. The van der Waals surface area contributed by atoms with Crippen LogP contribution in [-0.4, -0.2) is 20.8 Å². The molecule has 0 fully saturated rings. The molecule has 1 aromatic carbocycles. The van der Waals surface area contributed by atoms with Crippen LogP contribution >= 0.6 is 0 Å². The van der Waals surface area contributed by atoms with Crippen LogP contribution in [0.25, 0.3) is 0 Å². The van der Waals surface area contributed by atoms with E-state index >= 15 is 0 Å². The van der Waals surface area contributed by atoms with E-state index in [-0.39, 0.29) is 0 Å². The Morgan fingerprint density at radius 1 is 1.07 bits per heavy atom. The van der Waals surface area contributed by atoms with Crippen molar-refractivity contribution in [1.29, 1.82) is 0 Å². The maximum Gasteiger partial charge on any atom is 0.164 e. The van der Waals surface area contributed by atoms with Gasteiger partial charge < -0.3 is 14.2 Å². The Hall–Kier alpha value is -1.38. The second-order valence-corrected chi connectivity index (χ2v) is 2.87. The molecule has 0 N–H and O–H groups in total. The predicted octanol–water partition coefficient (Wildman–Crippen LogP) is 2.49. The normalized spacial score (nSPS) is 9.64. The number of rotatable bonds is 5. The minimum atomic E-state index is 0.695. The van der Waals surface area contributed by atoms with Crippen LogP contribution < -0.4 is 14.2 Å². The standard InChI is InChI=1S/C11H16O3/c1-4-7-14-9-5-6-10(12-2)11(8-9)13-3/h5-6,8H,4,7H2,1-3H3. The maximum absolute atomic E-state index is 5.46.